The maximum absolute atomic E-state index is 5.89. The van der Waals surface area contributed by atoms with Crippen LogP contribution in [0.15, 0.2) is 55.5 Å². The molecule has 6 heterocycles. The van der Waals surface area contributed by atoms with Gasteiger partial charge >= 0.3 is 0 Å². The van der Waals surface area contributed by atoms with Crippen LogP contribution in [0.1, 0.15) is 5.69 Å². The zero-order valence-corrected chi connectivity index (χ0v) is 16.4. The Morgan fingerprint density at radius 3 is 2.74 bits per heavy atom. The number of hydrogen-bond acceptors (Lipinski definition) is 7. The molecule has 0 aliphatic carbocycles. The van der Waals surface area contributed by atoms with Crippen molar-refractivity contribution in [2.45, 2.75) is 6.92 Å². The molecule has 0 radical (unpaired) electrons. The predicted octanol–water partition coefficient (Wildman–Crippen LogP) is 3.03. The lowest BCUT2D eigenvalue weighted by Gasteiger charge is -2.02. The van der Waals surface area contributed by atoms with Gasteiger partial charge in [0.25, 0.3) is 0 Å². The van der Waals surface area contributed by atoms with Crippen molar-refractivity contribution < 1.29 is 0 Å². The second-order valence-electron chi connectivity index (χ2n) is 7.23. The second kappa shape index (κ2) is 6.46. The van der Waals surface area contributed by atoms with Crippen molar-refractivity contribution in [1.82, 2.24) is 44.7 Å². The Hall–Kier alpha value is -4.60. The highest BCUT2D eigenvalue weighted by atomic mass is 15.2. The van der Waals surface area contributed by atoms with Crippen LogP contribution in [-0.4, -0.2) is 44.7 Å². The van der Waals surface area contributed by atoms with Crippen molar-refractivity contribution in [3.63, 3.8) is 0 Å². The van der Waals surface area contributed by atoms with Gasteiger partial charge in [-0.15, -0.1) is 0 Å². The van der Waals surface area contributed by atoms with Crippen molar-refractivity contribution in [2.24, 2.45) is 0 Å². The Morgan fingerprint density at radius 1 is 1.00 bits per heavy atom. The van der Waals surface area contributed by atoms with Gasteiger partial charge in [-0.1, -0.05) is 0 Å². The lowest BCUT2D eigenvalue weighted by molar-refractivity contribution is 1.06. The molecule has 0 saturated heterocycles. The number of pyridine rings is 3. The number of rotatable bonds is 3. The number of H-pyrrole nitrogens is 2. The van der Waals surface area contributed by atoms with Crippen LogP contribution in [0.25, 0.3) is 50.5 Å². The van der Waals surface area contributed by atoms with Gasteiger partial charge in [-0.3, -0.25) is 10.1 Å². The number of fused-ring (bicyclic) bond motifs is 2. The van der Waals surface area contributed by atoms with Crippen LogP contribution in [0, 0.1) is 6.92 Å². The molecular weight excluding hydrogens is 392 g/mol. The maximum atomic E-state index is 5.89. The predicted molar refractivity (Wildman–Crippen MR) is 116 cm³/mol. The van der Waals surface area contributed by atoms with Crippen LogP contribution in [0.5, 0.6) is 0 Å². The summed E-state index contributed by atoms with van der Waals surface area (Å²) in [4.78, 5) is 25.5. The van der Waals surface area contributed by atoms with E-state index in [2.05, 4.69) is 35.1 Å². The maximum Gasteiger partial charge on any atom is 0.161 e. The molecule has 0 aromatic carbocycles. The first-order valence-electron chi connectivity index (χ1n) is 9.57. The molecule has 0 fully saturated rings. The molecule has 6 aromatic rings. The van der Waals surface area contributed by atoms with E-state index in [1.165, 1.54) is 0 Å². The van der Waals surface area contributed by atoms with E-state index in [1.54, 1.807) is 31.1 Å². The summed E-state index contributed by atoms with van der Waals surface area (Å²) in [5.41, 5.74) is 12.8. The van der Waals surface area contributed by atoms with E-state index in [0.717, 1.165) is 33.4 Å². The van der Waals surface area contributed by atoms with Gasteiger partial charge in [0.1, 0.15) is 11.2 Å². The highest BCUT2D eigenvalue weighted by Crippen LogP contribution is 2.30. The molecule has 150 valence electrons. The summed E-state index contributed by atoms with van der Waals surface area (Å²) in [6.07, 6.45) is 10.6. The topological polar surface area (TPSA) is 140 Å². The molecule has 10 heteroatoms. The standard InChI is InChI=1S/C21H16N10/c1-11-9-31(10-26-11)16-2-3-24-20-18(16)27-21(28-20)17-15-5-13(7-25-19(15)30-29-17)12-4-14(22)8-23-6-12/h2-10H,22H2,1H3,(H,24,27,28)(H,25,29,30). The monoisotopic (exact) mass is 408 g/mol. The lowest BCUT2D eigenvalue weighted by Crippen LogP contribution is -1.92. The number of nitrogens with zero attached hydrogens (tertiary/aromatic N) is 7. The van der Waals surface area contributed by atoms with E-state index in [4.69, 9.17) is 10.7 Å². The number of nitrogen functional groups attached to an aromatic ring is 1. The third-order valence-corrected chi connectivity index (χ3v) is 5.09. The van der Waals surface area contributed by atoms with Crippen LogP contribution in [-0.2, 0) is 0 Å². The van der Waals surface area contributed by atoms with Crippen molar-refractivity contribution in [3.05, 3.63) is 61.2 Å². The van der Waals surface area contributed by atoms with Crippen molar-refractivity contribution >= 4 is 27.9 Å². The summed E-state index contributed by atoms with van der Waals surface area (Å²) in [7, 11) is 0. The average Bonchev–Trinajstić information content (AvgIpc) is 3.50. The average molecular weight is 408 g/mol. The van der Waals surface area contributed by atoms with Gasteiger partial charge in [-0.2, -0.15) is 5.10 Å². The largest absolute Gasteiger partial charge is 0.397 e. The highest BCUT2D eigenvalue weighted by Gasteiger charge is 2.17. The fourth-order valence-corrected chi connectivity index (χ4v) is 3.63. The van der Waals surface area contributed by atoms with E-state index in [0.29, 0.717) is 28.5 Å². The van der Waals surface area contributed by atoms with E-state index in [9.17, 15) is 0 Å². The summed E-state index contributed by atoms with van der Waals surface area (Å²) in [6, 6.07) is 5.77. The van der Waals surface area contributed by atoms with Gasteiger partial charge in [0, 0.05) is 42.1 Å². The number of aromatic nitrogens is 9. The van der Waals surface area contributed by atoms with E-state index >= 15 is 0 Å². The van der Waals surface area contributed by atoms with Gasteiger partial charge in [0.2, 0.25) is 0 Å². The molecule has 0 amide bonds. The molecule has 4 N–H and O–H groups in total. The zero-order valence-electron chi connectivity index (χ0n) is 16.4. The first kappa shape index (κ1) is 17.3. The summed E-state index contributed by atoms with van der Waals surface area (Å²) in [5.74, 6) is 0.600. The Bertz CT molecular complexity index is 1570. The lowest BCUT2D eigenvalue weighted by atomic mass is 10.1. The molecule has 6 rings (SSSR count). The number of nitrogens with two attached hydrogens (primary N) is 1. The molecule has 31 heavy (non-hydrogen) atoms. The number of aromatic amines is 2. The van der Waals surface area contributed by atoms with Crippen molar-refractivity contribution in [1.29, 1.82) is 0 Å². The Balaban J connectivity index is 1.51. The van der Waals surface area contributed by atoms with Crippen molar-refractivity contribution in [3.8, 4) is 28.3 Å². The van der Waals surface area contributed by atoms with Crippen LogP contribution >= 0.6 is 0 Å². The molecule has 0 spiro atoms. The number of aryl methyl sites for hydroxylation is 1. The van der Waals surface area contributed by atoms with E-state index < -0.39 is 0 Å². The third kappa shape index (κ3) is 2.81. The SMILES string of the molecule is Cc1cn(-c2ccnc3[nH]c(-c4n[nH]c5ncc(-c6cncc(N)c6)cc45)nc23)cn1. The minimum atomic E-state index is 0.593. The molecule has 0 aliphatic heterocycles. The van der Waals surface area contributed by atoms with Crippen LogP contribution < -0.4 is 5.73 Å². The normalized spacial score (nSPS) is 11.5. The molecule has 0 aliphatic rings. The van der Waals surface area contributed by atoms with Crippen LogP contribution in [0.2, 0.25) is 0 Å². The third-order valence-electron chi connectivity index (χ3n) is 5.09. The number of nitrogens with one attached hydrogen (secondary N) is 2. The fraction of sp³-hybridized carbons (Fsp3) is 0.0476. The molecule has 0 saturated carbocycles. The second-order valence-corrected chi connectivity index (χ2v) is 7.23. The molecule has 6 aromatic heterocycles. The van der Waals surface area contributed by atoms with E-state index in [1.807, 2.05) is 35.9 Å². The van der Waals surface area contributed by atoms with Crippen LogP contribution in [0.4, 0.5) is 5.69 Å². The first-order chi connectivity index (χ1) is 15.2. The number of imidazole rings is 2. The zero-order chi connectivity index (χ0) is 20.9. The van der Waals surface area contributed by atoms with Gasteiger partial charge in [0.15, 0.2) is 17.1 Å². The van der Waals surface area contributed by atoms with Gasteiger partial charge in [-0.05, 0) is 25.1 Å². The summed E-state index contributed by atoms with van der Waals surface area (Å²) < 4.78 is 1.93. The summed E-state index contributed by atoms with van der Waals surface area (Å²) in [6.45, 7) is 1.95. The van der Waals surface area contributed by atoms with Gasteiger partial charge in [-0.25, -0.2) is 19.9 Å². The first-order valence-corrected chi connectivity index (χ1v) is 9.57. The summed E-state index contributed by atoms with van der Waals surface area (Å²) >= 11 is 0. The smallest absolute Gasteiger partial charge is 0.161 e. The van der Waals surface area contributed by atoms with Gasteiger partial charge < -0.3 is 15.3 Å². The minimum Gasteiger partial charge on any atom is -0.397 e. The molecular formula is C21H16N10. The quantitative estimate of drug-likeness (QED) is 0.409. The number of hydrogen-bond donors (Lipinski definition) is 3. The highest BCUT2D eigenvalue weighted by molar-refractivity contribution is 5.94. The molecule has 0 atom stereocenters. The fourth-order valence-electron chi connectivity index (χ4n) is 3.63. The Kier molecular flexibility index (Phi) is 3.60. The molecule has 0 bridgehead atoms. The van der Waals surface area contributed by atoms with Crippen LogP contribution in [0.3, 0.4) is 0 Å². The Labute approximate surface area is 175 Å². The minimum absolute atomic E-state index is 0.593. The Morgan fingerprint density at radius 2 is 1.90 bits per heavy atom. The van der Waals surface area contributed by atoms with E-state index in [-0.39, 0.29) is 0 Å². The molecule has 0 unspecified atom stereocenters. The van der Waals surface area contributed by atoms with Crippen molar-refractivity contribution in [2.75, 3.05) is 5.73 Å². The number of anilines is 1. The summed E-state index contributed by atoms with van der Waals surface area (Å²) in [5, 5.41) is 8.26. The van der Waals surface area contributed by atoms with Gasteiger partial charge in [0.05, 0.1) is 28.8 Å². The molecule has 10 nitrogen and oxygen atoms in total.